The van der Waals surface area contributed by atoms with Crippen LogP contribution in [-0.2, 0) is 14.4 Å². The van der Waals surface area contributed by atoms with Crippen molar-refractivity contribution in [2.75, 3.05) is 7.11 Å². The molecule has 0 amide bonds. The molecule has 0 spiro atoms. The molecule has 0 radical (unpaired) electrons. The van der Waals surface area contributed by atoms with Gasteiger partial charge in [0, 0.05) is 10.8 Å². The Labute approximate surface area is 110 Å². The summed E-state index contributed by atoms with van der Waals surface area (Å²) in [5, 5.41) is 12.1. The Bertz CT molecular complexity index is 585. The first-order valence-corrected chi connectivity index (χ1v) is 5.67. The van der Waals surface area contributed by atoms with E-state index in [4.69, 9.17) is 9.57 Å². The predicted molar refractivity (Wildman–Crippen MR) is 66.5 cm³/mol. The molecule has 19 heavy (non-hydrogen) atoms. The van der Waals surface area contributed by atoms with Crippen LogP contribution in [-0.4, -0.2) is 24.0 Å². The Morgan fingerprint density at radius 1 is 1.37 bits per heavy atom. The molecule has 2 rings (SSSR count). The molecule has 0 saturated carbocycles. The summed E-state index contributed by atoms with van der Waals surface area (Å²) < 4.78 is 5.82. The Morgan fingerprint density at radius 3 is 2.68 bits per heavy atom. The first kappa shape index (κ1) is 12.9. The van der Waals surface area contributed by atoms with Crippen molar-refractivity contribution in [2.45, 2.75) is 6.92 Å². The van der Waals surface area contributed by atoms with Crippen LogP contribution in [0.5, 0.6) is 0 Å². The topological polar surface area (TPSA) is 61.6 Å². The van der Waals surface area contributed by atoms with Crippen molar-refractivity contribution in [1.29, 1.82) is 0 Å². The maximum Gasteiger partial charge on any atom is 0.417 e. The third kappa shape index (κ3) is 2.65. The van der Waals surface area contributed by atoms with Crippen molar-refractivity contribution in [3.8, 4) is 0 Å². The zero-order chi connectivity index (χ0) is 13.8. The number of allylic oxidation sites excluding steroid dienone is 2. The molecule has 0 saturated heterocycles. The van der Waals surface area contributed by atoms with Gasteiger partial charge < -0.3 is 9.84 Å². The molecule has 0 atom stereocenters. The largest absolute Gasteiger partial charge is 0.819 e. The van der Waals surface area contributed by atoms with E-state index in [0.29, 0.717) is 11.3 Å². The van der Waals surface area contributed by atoms with Crippen LogP contribution in [0.4, 0.5) is 0 Å². The summed E-state index contributed by atoms with van der Waals surface area (Å²) in [5.41, 5.74) is 0.571. The average molecular weight is 259 g/mol. The third-order valence-corrected chi connectivity index (χ3v) is 2.63. The Balaban J connectivity index is 2.39. The molecule has 1 aliphatic rings. The van der Waals surface area contributed by atoms with Gasteiger partial charge >= 0.3 is 5.97 Å². The van der Waals surface area contributed by atoms with Gasteiger partial charge in [-0.2, -0.15) is 4.84 Å². The van der Waals surface area contributed by atoms with Crippen LogP contribution in [0.3, 0.4) is 0 Å². The minimum atomic E-state index is -0.657. The molecule has 0 unspecified atom stereocenters. The van der Waals surface area contributed by atoms with Crippen LogP contribution < -0.4 is 5.11 Å². The molecule has 0 N–H and O–H groups in total. The van der Waals surface area contributed by atoms with Crippen molar-refractivity contribution < 1.29 is 24.2 Å². The zero-order valence-corrected chi connectivity index (χ0v) is 10.6. The van der Waals surface area contributed by atoms with Crippen LogP contribution in [0, 0.1) is 0 Å². The van der Waals surface area contributed by atoms with Gasteiger partial charge in [-0.3, -0.25) is 0 Å². The molecule has 0 aromatic heterocycles. The van der Waals surface area contributed by atoms with Gasteiger partial charge in [-0.1, -0.05) is 30.3 Å². The van der Waals surface area contributed by atoms with Crippen molar-refractivity contribution in [3.63, 3.8) is 0 Å². The molecule has 1 heterocycles. The summed E-state index contributed by atoms with van der Waals surface area (Å²) in [7, 11) is 1.51. The first-order chi connectivity index (χ1) is 9.13. The molecule has 5 heteroatoms. The Morgan fingerprint density at radius 2 is 2.05 bits per heavy atom. The molecule has 0 aliphatic carbocycles. The maximum absolute atomic E-state index is 12.1. The molecule has 0 bridgehead atoms. The number of nitrogens with zero attached hydrogens (tertiary/aromatic N) is 1. The third-order valence-electron chi connectivity index (χ3n) is 2.63. The fourth-order valence-corrected chi connectivity index (χ4v) is 1.56. The van der Waals surface area contributed by atoms with Crippen LogP contribution >= 0.6 is 0 Å². The van der Waals surface area contributed by atoms with Gasteiger partial charge in [-0.25, -0.2) is 4.79 Å². The second-order valence-electron chi connectivity index (χ2n) is 3.88. The van der Waals surface area contributed by atoms with Crippen LogP contribution in [0.15, 0.2) is 48.1 Å². The molecule has 1 aromatic carbocycles. The summed E-state index contributed by atoms with van der Waals surface area (Å²) in [6, 6.07) is 8.69. The number of ether oxygens (including phenoxy) is 1. The summed E-state index contributed by atoms with van der Waals surface area (Å²) in [6.07, 6.45) is 2.90. The summed E-state index contributed by atoms with van der Waals surface area (Å²) in [6.45, 7) is 1.72. The zero-order valence-electron chi connectivity index (χ0n) is 10.6. The fourth-order valence-electron chi connectivity index (χ4n) is 1.56. The quantitative estimate of drug-likeness (QED) is 0.458. The minimum absolute atomic E-state index is 0.0281. The highest BCUT2D eigenvalue weighted by Crippen LogP contribution is 2.23. The number of hydrogen-bond acceptors (Lipinski definition) is 4. The van der Waals surface area contributed by atoms with E-state index in [0.717, 1.165) is 4.74 Å². The number of methoxy groups -OCH3 is 1. The lowest BCUT2D eigenvalue weighted by atomic mass is 10.1. The van der Waals surface area contributed by atoms with Gasteiger partial charge in [-0.15, -0.1) is 0 Å². The van der Waals surface area contributed by atoms with Gasteiger partial charge in [0.25, 0.3) is 0 Å². The standard InChI is InChI=1S/C14H13NO4/c1-10(18-2)8-9-15-13(16)12(14(17)19-15)11-6-4-3-5-7-11/h3-9H,1-2H3/b10-8-,15-9+. The van der Waals surface area contributed by atoms with E-state index in [1.807, 2.05) is 6.07 Å². The highest BCUT2D eigenvalue weighted by molar-refractivity contribution is 6.17. The molecule has 98 valence electrons. The number of carbonyl (C=O) groups excluding carboxylic acids is 1. The highest BCUT2D eigenvalue weighted by Gasteiger charge is 2.33. The van der Waals surface area contributed by atoms with E-state index >= 15 is 0 Å². The van der Waals surface area contributed by atoms with Crippen molar-refractivity contribution >= 4 is 17.8 Å². The normalized spacial score (nSPS) is 17.9. The smallest absolute Gasteiger partial charge is 0.417 e. The molecular formula is C14H13NO4. The summed E-state index contributed by atoms with van der Waals surface area (Å²) >= 11 is 0. The predicted octanol–water partition coefficient (Wildman–Crippen LogP) is 0.821. The maximum atomic E-state index is 12.1. The Hall–Kier alpha value is -2.56. The monoisotopic (exact) mass is 259 g/mol. The van der Waals surface area contributed by atoms with Crippen molar-refractivity contribution in [2.24, 2.45) is 0 Å². The van der Waals surface area contributed by atoms with Crippen LogP contribution in [0.25, 0.3) is 5.57 Å². The summed E-state index contributed by atoms with van der Waals surface area (Å²) in [5.74, 6) is -0.552. The van der Waals surface area contributed by atoms with E-state index < -0.39 is 11.9 Å². The molecule has 5 nitrogen and oxygen atoms in total. The molecular weight excluding hydrogens is 246 g/mol. The molecule has 1 aliphatic heterocycles. The number of benzene rings is 1. The van der Waals surface area contributed by atoms with E-state index in [1.165, 1.54) is 13.3 Å². The van der Waals surface area contributed by atoms with Crippen LogP contribution in [0.1, 0.15) is 12.5 Å². The van der Waals surface area contributed by atoms with E-state index in [2.05, 4.69) is 0 Å². The SMILES string of the molecule is CO/C(C)=C\C=[N+]1\OC(=O)C(c2ccccc2)=C1[O-]. The molecule has 0 fully saturated rings. The lowest BCUT2D eigenvalue weighted by Crippen LogP contribution is -2.17. The number of carbonyl (C=O) groups is 1. The highest BCUT2D eigenvalue weighted by atomic mass is 16.7. The number of rotatable bonds is 3. The van der Waals surface area contributed by atoms with E-state index in [-0.39, 0.29) is 5.57 Å². The van der Waals surface area contributed by atoms with Gasteiger partial charge in [0.1, 0.15) is 5.57 Å². The van der Waals surface area contributed by atoms with Gasteiger partial charge in [0.15, 0.2) is 0 Å². The number of hydrogen-bond donors (Lipinski definition) is 0. The lowest BCUT2D eigenvalue weighted by Gasteiger charge is -1.99. The fraction of sp³-hybridized carbons (Fsp3) is 0.143. The van der Waals surface area contributed by atoms with Crippen molar-refractivity contribution in [1.82, 2.24) is 0 Å². The first-order valence-electron chi connectivity index (χ1n) is 5.67. The molecule has 1 aromatic rings. The second-order valence-corrected chi connectivity index (χ2v) is 3.88. The van der Waals surface area contributed by atoms with E-state index in [9.17, 15) is 9.90 Å². The Kier molecular flexibility index (Phi) is 3.66. The average Bonchev–Trinajstić information content (AvgIpc) is 2.71. The number of hydroxylamine groups is 1. The lowest BCUT2D eigenvalue weighted by molar-refractivity contribution is -0.770. The van der Waals surface area contributed by atoms with Gasteiger partial charge in [0.05, 0.1) is 12.9 Å². The van der Waals surface area contributed by atoms with Gasteiger partial charge in [0.2, 0.25) is 12.1 Å². The van der Waals surface area contributed by atoms with Crippen molar-refractivity contribution in [3.05, 3.63) is 53.6 Å². The summed E-state index contributed by atoms with van der Waals surface area (Å²) in [4.78, 5) is 16.6. The van der Waals surface area contributed by atoms with Gasteiger partial charge in [-0.05, 0) is 12.5 Å². The van der Waals surface area contributed by atoms with E-state index in [1.54, 1.807) is 37.3 Å². The minimum Gasteiger partial charge on any atom is -0.819 e. The van der Waals surface area contributed by atoms with Crippen LogP contribution in [0.2, 0.25) is 0 Å². The second kappa shape index (κ2) is 5.39.